The normalized spacial score (nSPS) is 16.9. The van der Waals surface area contributed by atoms with Gasteiger partial charge in [-0.25, -0.2) is 0 Å². The van der Waals surface area contributed by atoms with E-state index in [4.69, 9.17) is 4.74 Å². The van der Waals surface area contributed by atoms with E-state index in [-0.39, 0.29) is 17.3 Å². The van der Waals surface area contributed by atoms with Crippen LogP contribution in [-0.2, 0) is 16.1 Å². The Morgan fingerprint density at radius 1 is 1.11 bits per heavy atom. The molecule has 1 unspecified atom stereocenters. The van der Waals surface area contributed by atoms with Crippen LogP contribution in [-0.4, -0.2) is 22.8 Å². The van der Waals surface area contributed by atoms with E-state index in [0.717, 1.165) is 33.8 Å². The molecule has 1 N–H and O–H groups in total. The van der Waals surface area contributed by atoms with Crippen molar-refractivity contribution in [2.75, 3.05) is 7.11 Å². The molecule has 5 nitrogen and oxygen atoms in total. The number of aromatic nitrogens is 1. The number of thioether (sulfide) groups is 1. The number of nitrogens with one attached hydrogen (secondary N) is 1. The minimum atomic E-state index is -0.343. The molecule has 136 valence electrons. The van der Waals surface area contributed by atoms with Crippen LogP contribution in [0.2, 0.25) is 0 Å². The summed E-state index contributed by atoms with van der Waals surface area (Å²) >= 11 is 0.930. The van der Waals surface area contributed by atoms with E-state index in [0.29, 0.717) is 11.4 Å². The maximum atomic E-state index is 11.8. The Kier molecular flexibility index (Phi) is 4.83. The molecule has 0 aliphatic carbocycles. The quantitative estimate of drug-likeness (QED) is 0.671. The Hall–Kier alpha value is -2.83. The Balaban J connectivity index is 1.67. The minimum Gasteiger partial charge on any atom is -0.375 e. The predicted octanol–water partition coefficient (Wildman–Crippen LogP) is 4.35. The molecule has 4 rings (SSSR count). The van der Waals surface area contributed by atoms with Crippen molar-refractivity contribution < 1.29 is 14.3 Å². The van der Waals surface area contributed by atoms with E-state index in [1.54, 1.807) is 13.2 Å². The van der Waals surface area contributed by atoms with Crippen molar-refractivity contribution in [3.05, 3.63) is 76.8 Å². The molecule has 0 saturated carbocycles. The number of hydrogen-bond acceptors (Lipinski definition) is 4. The summed E-state index contributed by atoms with van der Waals surface area (Å²) in [7, 11) is 1.71. The minimum absolute atomic E-state index is 0.0578. The highest BCUT2D eigenvalue weighted by Crippen LogP contribution is 2.30. The fourth-order valence-electron chi connectivity index (χ4n) is 3.26. The lowest BCUT2D eigenvalue weighted by Gasteiger charge is -2.17. The summed E-state index contributed by atoms with van der Waals surface area (Å²) < 4.78 is 7.84. The van der Waals surface area contributed by atoms with Gasteiger partial charge in [0.25, 0.3) is 11.1 Å². The zero-order valence-electron chi connectivity index (χ0n) is 14.7. The van der Waals surface area contributed by atoms with Crippen LogP contribution in [0.1, 0.15) is 17.2 Å². The third kappa shape index (κ3) is 3.54. The van der Waals surface area contributed by atoms with Crippen LogP contribution in [0.15, 0.2) is 65.7 Å². The molecule has 1 aromatic heterocycles. The second-order valence-electron chi connectivity index (χ2n) is 6.24. The molecule has 2 amide bonds. The fraction of sp³-hybridized carbons (Fsp3) is 0.143. The monoisotopic (exact) mass is 378 g/mol. The summed E-state index contributed by atoms with van der Waals surface area (Å²) in [6.07, 6.45) is 3.73. The molecule has 0 bridgehead atoms. The lowest BCUT2D eigenvalue weighted by atomic mass is 10.1. The van der Waals surface area contributed by atoms with Crippen molar-refractivity contribution in [1.82, 2.24) is 9.88 Å². The molecule has 2 heterocycles. The number of hydrogen-bond donors (Lipinski definition) is 1. The SMILES string of the molecule is COC(Cn1ccc2c(C=C3SC(=O)NC3=O)cccc21)c1ccccc1. The van der Waals surface area contributed by atoms with Crippen molar-refractivity contribution in [3.8, 4) is 0 Å². The highest BCUT2D eigenvalue weighted by molar-refractivity contribution is 8.18. The third-order valence-electron chi connectivity index (χ3n) is 4.59. The molecule has 2 aromatic carbocycles. The number of amides is 2. The first kappa shape index (κ1) is 17.6. The summed E-state index contributed by atoms with van der Waals surface area (Å²) in [6.45, 7) is 0.678. The predicted molar refractivity (Wildman–Crippen MR) is 107 cm³/mol. The molecule has 1 aliphatic rings. The summed E-state index contributed by atoms with van der Waals surface area (Å²) in [4.78, 5) is 23.6. The number of nitrogens with zero attached hydrogens (tertiary/aromatic N) is 1. The van der Waals surface area contributed by atoms with Crippen molar-refractivity contribution in [1.29, 1.82) is 0 Å². The number of methoxy groups -OCH3 is 1. The van der Waals surface area contributed by atoms with Crippen LogP contribution in [0.25, 0.3) is 17.0 Å². The lowest BCUT2D eigenvalue weighted by molar-refractivity contribution is -0.115. The van der Waals surface area contributed by atoms with Gasteiger partial charge in [0.2, 0.25) is 0 Å². The van der Waals surface area contributed by atoms with Gasteiger partial charge < -0.3 is 9.30 Å². The Morgan fingerprint density at radius 2 is 1.93 bits per heavy atom. The highest BCUT2D eigenvalue weighted by atomic mass is 32.2. The molecule has 1 aliphatic heterocycles. The van der Waals surface area contributed by atoms with Crippen LogP contribution < -0.4 is 5.32 Å². The van der Waals surface area contributed by atoms with Gasteiger partial charge in [-0.15, -0.1) is 0 Å². The molecular formula is C21H18N2O3S. The van der Waals surface area contributed by atoms with Crippen LogP contribution in [0, 0.1) is 0 Å². The maximum Gasteiger partial charge on any atom is 0.290 e. The number of carbonyl (C=O) groups excluding carboxylic acids is 2. The average Bonchev–Trinajstić information content (AvgIpc) is 3.23. The third-order valence-corrected chi connectivity index (χ3v) is 5.41. The van der Waals surface area contributed by atoms with Gasteiger partial charge in [-0.05, 0) is 41.1 Å². The van der Waals surface area contributed by atoms with Gasteiger partial charge in [-0.3, -0.25) is 14.9 Å². The lowest BCUT2D eigenvalue weighted by Crippen LogP contribution is -2.17. The van der Waals surface area contributed by atoms with E-state index < -0.39 is 0 Å². The zero-order valence-corrected chi connectivity index (χ0v) is 15.5. The van der Waals surface area contributed by atoms with Crippen LogP contribution in [0.3, 0.4) is 0 Å². The first-order valence-electron chi connectivity index (χ1n) is 8.56. The van der Waals surface area contributed by atoms with Gasteiger partial charge in [0.05, 0.1) is 17.6 Å². The average molecular weight is 378 g/mol. The van der Waals surface area contributed by atoms with Crippen molar-refractivity contribution >= 4 is 39.9 Å². The number of ether oxygens (including phenoxy) is 1. The number of carbonyl (C=O) groups is 2. The summed E-state index contributed by atoms with van der Waals surface area (Å²) in [6, 6.07) is 18.1. The smallest absolute Gasteiger partial charge is 0.290 e. The van der Waals surface area contributed by atoms with Crippen LogP contribution in [0.4, 0.5) is 4.79 Å². The van der Waals surface area contributed by atoms with Gasteiger partial charge in [-0.2, -0.15) is 0 Å². The van der Waals surface area contributed by atoms with E-state index in [9.17, 15) is 9.59 Å². The van der Waals surface area contributed by atoms with Gasteiger partial charge in [-0.1, -0.05) is 42.5 Å². The van der Waals surface area contributed by atoms with Crippen molar-refractivity contribution in [2.45, 2.75) is 12.6 Å². The van der Waals surface area contributed by atoms with Crippen molar-refractivity contribution in [3.63, 3.8) is 0 Å². The van der Waals surface area contributed by atoms with Gasteiger partial charge in [0, 0.05) is 24.2 Å². The molecule has 1 saturated heterocycles. The zero-order chi connectivity index (χ0) is 18.8. The van der Waals surface area contributed by atoms with E-state index in [1.807, 2.05) is 48.7 Å². The molecule has 1 atom stereocenters. The summed E-state index contributed by atoms with van der Waals surface area (Å²) in [5, 5.41) is 2.98. The summed E-state index contributed by atoms with van der Waals surface area (Å²) in [5.41, 5.74) is 3.09. The van der Waals surface area contributed by atoms with E-state index in [2.05, 4.69) is 22.0 Å². The second-order valence-corrected chi connectivity index (χ2v) is 7.25. The first-order chi connectivity index (χ1) is 13.2. The largest absolute Gasteiger partial charge is 0.375 e. The molecule has 0 radical (unpaired) electrons. The Bertz CT molecular complexity index is 1040. The topological polar surface area (TPSA) is 60.3 Å². The molecule has 0 spiro atoms. The highest BCUT2D eigenvalue weighted by Gasteiger charge is 2.25. The van der Waals surface area contributed by atoms with Crippen LogP contribution in [0.5, 0.6) is 0 Å². The second kappa shape index (κ2) is 7.42. The number of imide groups is 1. The standard InChI is InChI=1S/C21H18N2O3S/c1-26-18(14-6-3-2-4-7-14)13-23-11-10-16-15(8-5-9-17(16)23)12-19-20(24)22-21(25)27-19/h2-12,18H,13H2,1H3,(H,22,24,25). The summed E-state index contributed by atoms with van der Waals surface area (Å²) in [5.74, 6) is -0.343. The van der Waals surface area contributed by atoms with Crippen molar-refractivity contribution in [2.24, 2.45) is 0 Å². The molecule has 1 fully saturated rings. The Morgan fingerprint density at radius 3 is 2.63 bits per heavy atom. The number of benzene rings is 2. The van der Waals surface area contributed by atoms with E-state index >= 15 is 0 Å². The first-order valence-corrected chi connectivity index (χ1v) is 9.38. The molecule has 3 aromatic rings. The number of fused-ring (bicyclic) bond motifs is 1. The van der Waals surface area contributed by atoms with Gasteiger partial charge in [0.1, 0.15) is 0 Å². The Labute approximate surface area is 161 Å². The molecular weight excluding hydrogens is 360 g/mol. The molecule has 27 heavy (non-hydrogen) atoms. The van der Waals surface area contributed by atoms with Crippen LogP contribution >= 0.6 is 11.8 Å². The van der Waals surface area contributed by atoms with Gasteiger partial charge in [0.15, 0.2) is 0 Å². The number of rotatable bonds is 5. The van der Waals surface area contributed by atoms with E-state index in [1.165, 1.54) is 0 Å². The molecule has 6 heteroatoms. The van der Waals surface area contributed by atoms with Gasteiger partial charge >= 0.3 is 0 Å². The fourth-order valence-corrected chi connectivity index (χ4v) is 3.93. The maximum absolute atomic E-state index is 11.8.